The van der Waals surface area contributed by atoms with Crippen molar-refractivity contribution in [2.75, 3.05) is 69.2 Å². The first kappa shape index (κ1) is 27.8. The van der Waals surface area contributed by atoms with Gasteiger partial charge in [-0.2, -0.15) is 0 Å². The number of rotatable bonds is 5. The minimum Gasteiger partial charge on any atom is -0.444 e. The molecule has 0 bridgehead atoms. The average Bonchev–Trinajstić information content (AvgIpc) is 2.88. The molecule has 0 aliphatic carbocycles. The molecular formula is C30H43N5O3. The number of anilines is 2. The molecule has 0 spiro atoms. The Bertz CT molecular complexity index is 1110. The third-order valence-electron chi connectivity index (χ3n) is 7.37. The smallest absolute Gasteiger partial charge is 0.410 e. The minimum atomic E-state index is -0.484. The highest BCUT2D eigenvalue weighted by molar-refractivity contribution is 5.96. The molecule has 38 heavy (non-hydrogen) atoms. The van der Waals surface area contributed by atoms with Crippen molar-refractivity contribution in [3.63, 3.8) is 0 Å². The molecule has 2 aliphatic rings. The number of piperazine rings is 2. The number of benzene rings is 2. The summed E-state index contributed by atoms with van der Waals surface area (Å²) in [5, 5.41) is 3.19. The molecule has 2 amide bonds. The monoisotopic (exact) mass is 521 g/mol. The lowest BCUT2D eigenvalue weighted by atomic mass is 10.0. The zero-order valence-electron chi connectivity index (χ0n) is 23.8. The van der Waals surface area contributed by atoms with Crippen LogP contribution in [0.1, 0.15) is 55.2 Å². The predicted molar refractivity (Wildman–Crippen MR) is 153 cm³/mol. The summed E-state index contributed by atoms with van der Waals surface area (Å²) in [5.74, 6) is -0.0479. The van der Waals surface area contributed by atoms with Gasteiger partial charge in [0.25, 0.3) is 5.91 Å². The number of likely N-dealkylation sites (N-methyl/N-ethyl adjacent to an activating group) is 1. The van der Waals surface area contributed by atoms with Crippen molar-refractivity contribution in [1.29, 1.82) is 0 Å². The molecule has 2 aromatic rings. The van der Waals surface area contributed by atoms with Gasteiger partial charge in [-0.1, -0.05) is 18.2 Å². The number of hydrogen-bond donors (Lipinski definition) is 1. The normalized spacial score (nSPS) is 17.8. The summed E-state index contributed by atoms with van der Waals surface area (Å²) in [5.41, 5.74) is 4.51. The lowest BCUT2D eigenvalue weighted by Gasteiger charge is -2.36. The Morgan fingerprint density at radius 2 is 1.39 bits per heavy atom. The molecule has 8 nitrogen and oxygen atoms in total. The Balaban J connectivity index is 1.33. The van der Waals surface area contributed by atoms with Crippen LogP contribution in [0.2, 0.25) is 0 Å². The second-order valence-electron chi connectivity index (χ2n) is 11.5. The van der Waals surface area contributed by atoms with Gasteiger partial charge in [0.15, 0.2) is 0 Å². The van der Waals surface area contributed by atoms with E-state index in [0.29, 0.717) is 13.1 Å². The van der Waals surface area contributed by atoms with Gasteiger partial charge in [-0.15, -0.1) is 0 Å². The summed E-state index contributed by atoms with van der Waals surface area (Å²) >= 11 is 0. The maximum absolute atomic E-state index is 13.2. The highest BCUT2D eigenvalue weighted by Gasteiger charge is 2.26. The molecule has 2 fully saturated rings. The Labute approximate surface area is 227 Å². The van der Waals surface area contributed by atoms with Gasteiger partial charge in [-0.3, -0.25) is 4.79 Å². The molecule has 8 heteroatoms. The third-order valence-corrected chi connectivity index (χ3v) is 7.37. The van der Waals surface area contributed by atoms with Crippen LogP contribution in [0.25, 0.3) is 0 Å². The first-order valence-electron chi connectivity index (χ1n) is 13.7. The second kappa shape index (κ2) is 11.6. The van der Waals surface area contributed by atoms with E-state index in [1.165, 1.54) is 0 Å². The molecule has 2 heterocycles. The van der Waals surface area contributed by atoms with E-state index in [2.05, 4.69) is 57.4 Å². The minimum absolute atomic E-state index is 0.0479. The van der Waals surface area contributed by atoms with E-state index in [9.17, 15) is 9.59 Å². The fourth-order valence-electron chi connectivity index (χ4n) is 4.92. The van der Waals surface area contributed by atoms with E-state index in [0.717, 1.165) is 67.3 Å². The summed E-state index contributed by atoms with van der Waals surface area (Å²) in [6.07, 6.45) is -0.249. The molecule has 2 aromatic carbocycles. The van der Waals surface area contributed by atoms with Crippen LogP contribution in [-0.2, 0) is 4.74 Å². The molecule has 0 saturated carbocycles. The van der Waals surface area contributed by atoms with E-state index < -0.39 is 5.60 Å². The van der Waals surface area contributed by atoms with Crippen molar-refractivity contribution in [3.8, 4) is 0 Å². The Morgan fingerprint density at radius 3 is 2.00 bits per heavy atom. The zero-order chi connectivity index (χ0) is 27.4. The van der Waals surface area contributed by atoms with Crippen LogP contribution < -0.4 is 15.1 Å². The lowest BCUT2D eigenvalue weighted by molar-refractivity contribution is 0.0240. The number of carbonyl (C=O) groups is 2. The van der Waals surface area contributed by atoms with Gasteiger partial charge < -0.3 is 29.7 Å². The van der Waals surface area contributed by atoms with Crippen molar-refractivity contribution in [2.45, 2.75) is 46.3 Å². The van der Waals surface area contributed by atoms with Crippen LogP contribution in [-0.4, -0.2) is 86.8 Å². The van der Waals surface area contributed by atoms with Gasteiger partial charge in [0.1, 0.15) is 5.60 Å². The Morgan fingerprint density at radius 1 is 0.842 bits per heavy atom. The number of amides is 2. The molecule has 0 radical (unpaired) electrons. The van der Waals surface area contributed by atoms with E-state index in [1.54, 1.807) is 4.90 Å². The number of nitrogens with zero attached hydrogens (tertiary/aromatic N) is 4. The molecule has 2 aliphatic heterocycles. The summed E-state index contributed by atoms with van der Waals surface area (Å²) in [6.45, 7) is 16.5. The van der Waals surface area contributed by atoms with Crippen molar-refractivity contribution in [3.05, 3.63) is 59.2 Å². The van der Waals surface area contributed by atoms with Crippen molar-refractivity contribution >= 4 is 23.4 Å². The summed E-state index contributed by atoms with van der Waals surface area (Å²) in [6, 6.07) is 14.4. The molecule has 4 rings (SSSR count). The van der Waals surface area contributed by atoms with Gasteiger partial charge in [-0.05, 0) is 77.1 Å². The highest BCUT2D eigenvalue weighted by atomic mass is 16.6. The molecule has 0 aromatic heterocycles. The summed E-state index contributed by atoms with van der Waals surface area (Å²) in [7, 11) is 2.14. The van der Waals surface area contributed by atoms with Gasteiger partial charge in [0.05, 0.1) is 6.04 Å². The molecule has 2 saturated heterocycles. The molecular weight excluding hydrogens is 478 g/mol. The van der Waals surface area contributed by atoms with Crippen molar-refractivity contribution in [2.24, 2.45) is 0 Å². The summed E-state index contributed by atoms with van der Waals surface area (Å²) < 4.78 is 5.50. The maximum atomic E-state index is 13.2. The third kappa shape index (κ3) is 6.98. The molecule has 206 valence electrons. The molecule has 1 N–H and O–H groups in total. The quantitative estimate of drug-likeness (QED) is 0.633. The van der Waals surface area contributed by atoms with E-state index >= 15 is 0 Å². The van der Waals surface area contributed by atoms with E-state index in [-0.39, 0.29) is 18.0 Å². The molecule has 0 unspecified atom stereocenters. The first-order valence-corrected chi connectivity index (χ1v) is 13.7. The van der Waals surface area contributed by atoms with Crippen LogP contribution in [0.15, 0.2) is 42.5 Å². The number of carbonyl (C=O) groups excluding carboxylic acids is 2. The standard InChI is InChI=1S/C30H43N5O3/c1-22-7-10-26(34-15-13-32(6)14-16-34)21-27(22)28(36)31-23(2)24-8-11-25(12-9-24)33-17-19-35(20-18-33)29(37)38-30(3,4)5/h7-12,21,23H,13-20H2,1-6H3,(H,31,36)/t23-/m1/s1. The number of nitrogens with one attached hydrogen (secondary N) is 1. The second-order valence-corrected chi connectivity index (χ2v) is 11.5. The van der Waals surface area contributed by atoms with Crippen molar-refractivity contribution < 1.29 is 14.3 Å². The van der Waals surface area contributed by atoms with E-state index in [1.807, 2.05) is 46.8 Å². The first-order chi connectivity index (χ1) is 18.0. The van der Waals surface area contributed by atoms with Gasteiger partial charge >= 0.3 is 6.09 Å². The Kier molecular flexibility index (Phi) is 8.51. The maximum Gasteiger partial charge on any atom is 0.410 e. The average molecular weight is 522 g/mol. The predicted octanol–water partition coefficient (Wildman–Crippen LogP) is 4.29. The highest BCUT2D eigenvalue weighted by Crippen LogP contribution is 2.24. The zero-order valence-corrected chi connectivity index (χ0v) is 23.8. The topological polar surface area (TPSA) is 68.4 Å². The Hall–Kier alpha value is -3.26. The van der Waals surface area contributed by atoms with Crippen LogP contribution in [0.5, 0.6) is 0 Å². The van der Waals surface area contributed by atoms with Crippen LogP contribution in [0.4, 0.5) is 16.2 Å². The van der Waals surface area contributed by atoms with Crippen LogP contribution in [0.3, 0.4) is 0 Å². The molecule has 1 atom stereocenters. The van der Waals surface area contributed by atoms with Crippen molar-refractivity contribution in [1.82, 2.24) is 15.1 Å². The fraction of sp³-hybridized carbons (Fsp3) is 0.533. The fourth-order valence-corrected chi connectivity index (χ4v) is 4.92. The van der Waals surface area contributed by atoms with Crippen LogP contribution >= 0.6 is 0 Å². The number of aryl methyl sites for hydroxylation is 1. The summed E-state index contributed by atoms with van der Waals surface area (Å²) in [4.78, 5) is 34.3. The SMILES string of the molecule is Cc1ccc(N2CCN(C)CC2)cc1C(=O)N[C@H](C)c1ccc(N2CCN(C(=O)OC(C)(C)C)CC2)cc1. The van der Waals surface area contributed by atoms with Gasteiger partial charge in [0, 0.05) is 69.3 Å². The number of ether oxygens (including phenoxy) is 1. The van der Waals surface area contributed by atoms with E-state index in [4.69, 9.17) is 4.74 Å². The van der Waals surface area contributed by atoms with Crippen LogP contribution in [0, 0.1) is 6.92 Å². The lowest BCUT2D eigenvalue weighted by Crippen LogP contribution is -2.50. The van der Waals surface area contributed by atoms with Gasteiger partial charge in [-0.25, -0.2) is 4.79 Å². The largest absolute Gasteiger partial charge is 0.444 e. The van der Waals surface area contributed by atoms with Gasteiger partial charge in [0.2, 0.25) is 0 Å². The number of hydrogen-bond acceptors (Lipinski definition) is 6.